The number of hydrogen-bond donors (Lipinski definition) is 2. The fraction of sp³-hybridized carbons (Fsp3) is 0.438. The molecule has 1 aliphatic rings. The third kappa shape index (κ3) is 4.69. The first kappa shape index (κ1) is 18.2. The summed E-state index contributed by atoms with van der Waals surface area (Å²) in [7, 11) is 0. The van der Waals surface area contributed by atoms with E-state index in [0.29, 0.717) is 35.5 Å². The molecule has 1 unspecified atom stereocenters. The number of nitrogens with zero attached hydrogens (tertiary/aromatic N) is 2. The fourth-order valence-electron chi connectivity index (χ4n) is 2.32. The summed E-state index contributed by atoms with van der Waals surface area (Å²) in [5.74, 6) is 1.74. The zero-order valence-corrected chi connectivity index (χ0v) is 14.2. The summed E-state index contributed by atoms with van der Waals surface area (Å²) in [6.45, 7) is 2.33. The minimum atomic E-state index is -0.194. The van der Waals surface area contributed by atoms with Crippen LogP contribution >= 0.6 is 12.4 Å². The zero-order chi connectivity index (χ0) is 16.2. The molecule has 0 radical (unpaired) electrons. The molecule has 0 aliphatic heterocycles. The highest BCUT2D eigenvalue weighted by Gasteiger charge is 2.28. The average molecular weight is 353 g/mol. The Balaban J connectivity index is 0.00000208. The minimum absolute atomic E-state index is 0. The number of aromatic nitrogens is 2. The number of ether oxygens (including phenoxy) is 1. The molecule has 1 heterocycles. The van der Waals surface area contributed by atoms with Crippen LogP contribution in [0.25, 0.3) is 0 Å². The molecular weight excluding hydrogens is 332 g/mol. The molecule has 7 nitrogen and oxygen atoms in total. The molecule has 1 aliphatic carbocycles. The van der Waals surface area contributed by atoms with Gasteiger partial charge in [0, 0.05) is 19.5 Å². The first-order valence-electron chi connectivity index (χ1n) is 7.68. The lowest BCUT2D eigenvalue weighted by atomic mass is 10.1. The van der Waals surface area contributed by atoms with E-state index in [0.717, 1.165) is 12.8 Å². The van der Waals surface area contributed by atoms with Gasteiger partial charge in [-0.2, -0.15) is 4.98 Å². The molecule has 1 aromatic carbocycles. The van der Waals surface area contributed by atoms with Gasteiger partial charge in [0.15, 0.2) is 6.61 Å². The Bertz CT molecular complexity index is 687. The summed E-state index contributed by atoms with van der Waals surface area (Å²) >= 11 is 0. The van der Waals surface area contributed by atoms with E-state index >= 15 is 0 Å². The number of hydrogen-bond acceptors (Lipinski definition) is 6. The lowest BCUT2D eigenvalue weighted by Gasteiger charge is -2.13. The molecule has 1 atom stereocenters. The summed E-state index contributed by atoms with van der Waals surface area (Å²) in [6, 6.07) is 7.08. The number of rotatable bonds is 7. The van der Waals surface area contributed by atoms with Gasteiger partial charge >= 0.3 is 0 Å². The average Bonchev–Trinajstić information content (AvgIpc) is 3.33. The van der Waals surface area contributed by atoms with Crippen LogP contribution in [-0.4, -0.2) is 28.6 Å². The number of amides is 1. The second kappa shape index (κ2) is 8.12. The number of nitrogens with one attached hydrogen (secondary N) is 1. The molecule has 3 rings (SSSR count). The van der Waals surface area contributed by atoms with Crippen LogP contribution in [0.15, 0.2) is 28.8 Å². The first-order valence-corrected chi connectivity index (χ1v) is 7.68. The Hall–Kier alpha value is -2.12. The zero-order valence-electron chi connectivity index (χ0n) is 13.4. The van der Waals surface area contributed by atoms with Gasteiger partial charge in [-0.25, -0.2) is 0 Å². The van der Waals surface area contributed by atoms with Crippen molar-refractivity contribution in [1.29, 1.82) is 0 Å². The highest BCUT2D eigenvalue weighted by molar-refractivity contribution is 5.96. The maximum atomic E-state index is 12.3. The third-order valence-corrected chi connectivity index (χ3v) is 3.78. The van der Waals surface area contributed by atoms with Crippen molar-refractivity contribution in [2.24, 2.45) is 11.7 Å². The maximum Gasteiger partial charge on any atom is 0.255 e. The monoisotopic (exact) mass is 352 g/mol. The van der Waals surface area contributed by atoms with Crippen molar-refractivity contribution in [2.75, 3.05) is 6.54 Å². The quantitative estimate of drug-likeness (QED) is 0.788. The van der Waals surface area contributed by atoms with Crippen LogP contribution in [0.4, 0.5) is 0 Å². The Kier molecular flexibility index (Phi) is 6.16. The number of benzene rings is 1. The first-order chi connectivity index (χ1) is 11.1. The van der Waals surface area contributed by atoms with E-state index in [2.05, 4.69) is 15.5 Å². The highest BCUT2D eigenvalue weighted by Crippen LogP contribution is 2.31. The number of nitrogens with two attached hydrogens (primary N) is 1. The number of carbonyl (C=O) groups is 1. The maximum absolute atomic E-state index is 12.3. The van der Waals surface area contributed by atoms with Crippen molar-refractivity contribution in [3.8, 4) is 5.75 Å². The van der Waals surface area contributed by atoms with Crippen molar-refractivity contribution >= 4 is 18.3 Å². The van der Waals surface area contributed by atoms with Crippen LogP contribution in [0.5, 0.6) is 5.75 Å². The highest BCUT2D eigenvalue weighted by atomic mass is 35.5. The minimum Gasteiger partial charge on any atom is -0.485 e. The van der Waals surface area contributed by atoms with E-state index in [4.69, 9.17) is 15.0 Å². The van der Waals surface area contributed by atoms with Crippen LogP contribution in [0, 0.1) is 12.8 Å². The van der Waals surface area contributed by atoms with E-state index in [1.807, 2.05) is 6.07 Å². The van der Waals surface area contributed by atoms with E-state index in [1.165, 1.54) is 0 Å². The lowest BCUT2D eigenvalue weighted by molar-refractivity contribution is 0.0945. The van der Waals surface area contributed by atoms with Crippen LogP contribution in [0.3, 0.4) is 0 Å². The number of para-hydroxylation sites is 1. The SMILES string of the molecule is Cc1nc(COc2ccccc2C(=O)NCC(N)C2CC2)no1.Cl. The molecule has 3 N–H and O–H groups in total. The Morgan fingerprint density at radius 2 is 2.21 bits per heavy atom. The molecule has 0 bridgehead atoms. The van der Waals surface area contributed by atoms with Crippen molar-refractivity contribution in [1.82, 2.24) is 15.5 Å². The van der Waals surface area contributed by atoms with Crippen molar-refractivity contribution in [2.45, 2.75) is 32.4 Å². The molecule has 0 saturated heterocycles. The fourth-order valence-corrected chi connectivity index (χ4v) is 2.32. The van der Waals surface area contributed by atoms with Crippen LogP contribution in [0.2, 0.25) is 0 Å². The molecule has 1 amide bonds. The predicted octanol–water partition coefficient (Wildman–Crippen LogP) is 1.85. The predicted molar refractivity (Wildman–Crippen MR) is 90.1 cm³/mol. The summed E-state index contributed by atoms with van der Waals surface area (Å²) < 4.78 is 10.5. The van der Waals surface area contributed by atoms with Crippen molar-refractivity contribution in [3.63, 3.8) is 0 Å². The molecule has 1 saturated carbocycles. The molecule has 1 fully saturated rings. The van der Waals surface area contributed by atoms with Crippen LogP contribution in [-0.2, 0) is 6.61 Å². The van der Waals surface area contributed by atoms with Crippen LogP contribution < -0.4 is 15.8 Å². The topological polar surface area (TPSA) is 103 Å². The number of aryl methyl sites for hydroxylation is 1. The smallest absolute Gasteiger partial charge is 0.255 e. The Morgan fingerprint density at radius 3 is 2.88 bits per heavy atom. The summed E-state index contributed by atoms with van der Waals surface area (Å²) in [5.41, 5.74) is 6.48. The largest absolute Gasteiger partial charge is 0.485 e. The molecule has 130 valence electrons. The van der Waals surface area contributed by atoms with E-state index in [-0.39, 0.29) is 31.0 Å². The number of carbonyl (C=O) groups excluding carboxylic acids is 1. The van der Waals surface area contributed by atoms with Gasteiger partial charge in [-0.3, -0.25) is 4.79 Å². The third-order valence-electron chi connectivity index (χ3n) is 3.78. The van der Waals surface area contributed by atoms with E-state index < -0.39 is 0 Å². The second-order valence-electron chi connectivity index (χ2n) is 5.73. The molecule has 2 aromatic rings. The molecule has 0 spiro atoms. The number of halogens is 1. The standard InChI is InChI=1S/C16H20N4O3.ClH/c1-10-19-15(20-23-10)9-22-14-5-3-2-4-12(14)16(21)18-8-13(17)11-6-7-11;/h2-5,11,13H,6-9,17H2,1H3,(H,18,21);1H. The van der Waals surface area contributed by atoms with E-state index in [1.54, 1.807) is 25.1 Å². The second-order valence-corrected chi connectivity index (χ2v) is 5.73. The Morgan fingerprint density at radius 1 is 1.46 bits per heavy atom. The van der Waals surface area contributed by atoms with Crippen LogP contribution in [0.1, 0.15) is 34.9 Å². The molecule has 1 aromatic heterocycles. The molecule has 8 heteroatoms. The van der Waals surface area contributed by atoms with Gasteiger partial charge in [-0.1, -0.05) is 17.3 Å². The molecular formula is C16H21ClN4O3. The summed E-state index contributed by atoms with van der Waals surface area (Å²) in [5, 5.41) is 6.63. The summed E-state index contributed by atoms with van der Waals surface area (Å²) in [4.78, 5) is 16.4. The van der Waals surface area contributed by atoms with Gasteiger partial charge < -0.3 is 20.3 Å². The van der Waals surface area contributed by atoms with Crippen molar-refractivity contribution < 1.29 is 14.1 Å². The lowest BCUT2D eigenvalue weighted by Crippen LogP contribution is -2.38. The Labute approximate surface area is 146 Å². The van der Waals surface area contributed by atoms with E-state index in [9.17, 15) is 4.79 Å². The van der Waals surface area contributed by atoms with Gasteiger partial charge in [0.2, 0.25) is 11.7 Å². The van der Waals surface area contributed by atoms with Gasteiger partial charge in [-0.05, 0) is 30.9 Å². The van der Waals surface area contributed by atoms with Gasteiger partial charge in [-0.15, -0.1) is 12.4 Å². The van der Waals surface area contributed by atoms with Gasteiger partial charge in [0.25, 0.3) is 5.91 Å². The van der Waals surface area contributed by atoms with Gasteiger partial charge in [0.05, 0.1) is 5.56 Å². The molecule has 24 heavy (non-hydrogen) atoms. The van der Waals surface area contributed by atoms with Crippen molar-refractivity contribution in [3.05, 3.63) is 41.5 Å². The van der Waals surface area contributed by atoms with Gasteiger partial charge in [0.1, 0.15) is 5.75 Å². The normalized spacial score (nSPS) is 14.6. The summed E-state index contributed by atoms with van der Waals surface area (Å²) in [6.07, 6.45) is 2.31.